The molecule has 2 aromatic carbocycles. The van der Waals surface area contributed by atoms with Crippen LogP contribution in [0, 0.1) is 5.41 Å². The molecule has 0 atom stereocenters. The van der Waals surface area contributed by atoms with Gasteiger partial charge < -0.3 is 4.90 Å². The third-order valence-electron chi connectivity index (χ3n) is 5.83. The van der Waals surface area contributed by atoms with E-state index in [0.29, 0.717) is 11.3 Å². The minimum absolute atomic E-state index is 0.132. The average Bonchev–Trinajstić information content (AvgIpc) is 3.15. The summed E-state index contributed by atoms with van der Waals surface area (Å²) in [6, 6.07) is 20.3. The molecular formula is C22H21N3O. The zero-order valence-electron chi connectivity index (χ0n) is 14.6. The number of carbonyl (C=O) groups excluding carboxylic acids is 1. The van der Waals surface area contributed by atoms with Crippen LogP contribution in [-0.2, 0) is 0 Å². The standard InChI is InChI=1S/C22H21N3O/c26-21(18-8-4-9-20(12-18)25-11-5-10-23-25)24-15-22(16-24)13-19(14-22)17-6-2-1-3-7-17/h1-12,19H,13-16H2. The van der Waals surface area contributed by atoms with Gasteiger partial charge in [0.05, 0.1) is 5.69 Å². The largest absolute Gasteiger partial charge is 0.337 e. The summed E-state index contributed by atoms with van der Waals surface area (Å²) in [5.74, 6) is 0.796. The molecule has 2 aliphatic rings. The van der Waals surface area contributed by atoms with Crippen LogP contribution in [0.3, 0.4) is 0 Å². The SMILES string of the molecule is O=C(c1cccc(-n2cccn2)c1)N1CC2(CC(c3ccccc3)C2)C1. The van der Waals surface area contributed by atoms with Crippen LogP contribution in [0.15, 0.2) is 73.1 Å². The molecular weight excluding hydrogens is 322 g/mol. The van der Waals surface area contributed by atoms with Crippen LogP contribution in [0.2, 0.25) is 0 Å². The van der Waals surface area contributed by atoms with Crippen molar-refractivity contribution in [2.45, 2.75) is 18.8 Å². The molecule has 26 heavy (non-hydrogen) atoms. The molecule has 4 nitrogen and oxygen atoms in total. The minimum atomic E-state index is 0.132. The lowest BCUT2D eigenvalue weighted by atomic mass is 9.56. The van der Waals surface area contributed by atoms with Gasteiger partial charge in [-0.1, -0.05) is 36.4 Å². The predicted octanol–water partition coefficient (Wildman–Crippen LogP) is 3.89. The Kier molecular flexibility index (Phi) is 3.45. The highest BCUT2D eigenvalue weighted by atomic mass is 16.2. The summed E-state index contributed by atoms with van der Waals surface area (Å²) in [5, 5.41) is 4.24. The predicted molar refractivity (Wildman–Crippen MR) is 100 cm³/mol. The number of hydrogen-bond acceptors (Lipinski definition) is 2. The number of benzene rings is 2. The molecule has 2 heterocycles. The first-order valence-corrected chi connectivity index (χ1v) is 9.17. The summed E-state index contributed by atoms with van der Waals surface area (Å²) in [6.07, 6.45) is 6.04. The Morgan fingerprint density at radius 1 is 1.00 bits per heavy atom. The Hall–Kier alpha value is -2.88. The van der Waals surface area contributed by atoms with Gasteiger partial charge in [0.1, 0.15) is 0 Å². The van der Waals surface area contributed by atoms with Crippen molar-refractivity contribution in [1.29, 1.82) is 0 Å². The number of hydrogen-bond donors (Lipinski definition) is 0. The van der Waals surface area contributed by atoms with Crippen molar-refractivity contribution in [3.8, 4) is 5.69 Å². The van der Waals surface area contributed by atoms with E-state index in [-0.39, 0.29) is 5.91 Å². The third kappa shape index (κ3) is 2.53. The molecule has 0 unspecified atom stereocenters. The van der Waals surface area contributed by atoms with Crippen LogP contribution < -0.4 is 0 Å². The van der Waals surface area contributed by atoms with E-state index in [9.17, 15) is 4.79 Å². The summed E-state index contributed by atoms with van der Waals surface area (Å²) < 4.78 is 1.78. The monoisotopic (exact) mass is 343 g/mol. The number of aromatic nitrogens is 2. The summed E-state index contributed by atoms with van der Waals surface area (Å²) in [7, 11) is 0. The van der Waals surface area contributed by atoms with Crippen LogP contribution in [0.25, 0.3) is 5.69 Å². The number of rotatable bonds is 3. The van der Waals surface area contributed by atoms with Crippen molar-refractivity contribution in [3.05, 3.63) is 84.2 Å². The van der Waals surface area contributed by atoms with Gasteiger partial charge in [-0.2, -0.15) is 5.10 Å². The molecule has 1 aliphatic carbocycles. The molecule has 1 saturated carbocycles. The molecule has 0 N–H and O–H groups in total. The maximum atomic E-state index is 12.8. The summed E-state index contributed by atoms with van der Waals surface area (Å²) in [4.78, 5) is 14.8. The second-order valence-electron chi connectivity index (χ2n) is 7.68. The first-order valence-electron chi connectivity index (χ1n) is 9.17. The average molecular weight is 343 g/mol. The summed E-state index contributed by atoms with van der Waals surface area (Å²) >= 11 is 0. The minimum Gasteiger partial charge on any atom is -0.337 e. The van der Waals surface area contributed by atoms with Crippen molar-refractivity contribution < 1.29 is 4.79 Å². The van der Waals surface area contributed by atoms with Crippen LogP contribution in [0.1, 0.15) is 34.7 Å². The lowest BCUT2D eigenvalue weighted by Gasteiger charge is -2.59. The highest BCUT2D eigenvalue weighted by Crippen LogP contribution is 2.56. The van der Waals surface area contributed by atoms with Crippen LogP contribution in [-0.4, -0.2) is 33.7 Å². The number of carbonyl (C=O) groups is 1. The second kappa shape index (κ2) is 5.84. The van der Waals surface area contributed by atoms with Gasteiger partial charge in [-0.25, -0.2) is 4.68 Å². The van der Waals surface area contributed by atoms with Gasteiger partial charge in [-0.3, -0.25) is 4.79 Å². The molecule has 3 aromatic rings. The molecule has 1 aliphatic heterocycles. The normalized spacial score (nSPS) is 18.4. The maximum Gasteiger partial charge on any atom is 0.253 e. The van der Waals surface area contributed by atoms with Crippen molar-refractivity contribution >= 4 is 5.91 Å². The Bertz CT molecular complexity index is 919. The number of amides is 1. The van der Waals surface area contributed by atoms with Gasteiger partial charge in [0.15, 0.2) is 0 Å². The zero-order valence-corrected chi connectivity index (χ0v) is 14.6. The molecule has 1 spiro atoms. The lowest BCUT2D eigenvalue weighted by molar-refractivity contribution is -0.0554. The van der Waals surface area contributed by atoms with E-state index in [0.717, 1.165) is 24.3 Å². The topological polar surface area (TPSA) is 38.1 Å². The lowest BCUT2D eigenvalue weighted by Crippen LogP contribution is -2.63. The fourth-order valence-electron chi connectivity index (χ4n) is 4.50. The van der Waals surface area contributed by atoms with E-state index in [2.05, 4.69) is 35.4 Å². The summed E-state index contributed by atoms with van der Waals surface area (Å²) in [5.41, 5.74) is 3.46. The first kappa shape index (κ1) is 15.4. The van der Waals surface area contributed by atoms with Crippen LogP contribution >= 0.6 is 0 Å². The van der Waals surface area contributed by atoms with Crippen molar-refractivity contribution in [2.24, 2.45) is 5.41 Å². The van der Waals surface area contributed by atoms with Gasteiger partial charge in [0, 0.05) is 36.5 Å². The quantitative estimate of drug-likeness (QED) is 0.723. The smallest absolute Gasteiger partial charge is 0.253 e. The summed E-state index contributed by atoms with van der Waals surface area (Å²) in [6.45, 7) is 1.78. The van der Waals surface area contributed by atoms with Crippen LogP contribution in [0.5, 0.6) is 0 Å². The van der Waals surface area contributed by atoms with E-state index in [1.54, 1.807) is 10.9 Å². The van der Waals surface area contributed by atoms with E-state index < -0.39 is 0 Å². The molecule has 0 bridgehead atoms. The fraction of sp³-hybridized carbons (Fsp3) is 0.273. The first-order chi connectivity index (χ1) is 12.7. The van der Waals surface area contributed by atoms with Crippen LogP contribution in [0.4, 0.5) is 0 Å². The molecule has 1 aromatic heterocycles. The van der Waals surface area contributed by atoms with Gasteiger partial charge in [0.25, 0.3) is 5.91 Å². The van der Waals surface area contributed by atoms with E-state index in [1.165, 1.54) is 18.4 Å². The molecule has 130 valence electrons. The van der Waals surface area contributed by atoms with Crippen molar-refractivity contribution in [2.75, 3.05) is 13.1 Å². The molecule has 5 rings (SSSR count). The van der Waals surface area contributed by atoms with E-state index in [4.69, 9.17) is 0 Å². The van der Waals surface area contributed by atoms with Gasteiger partial charge in [-0.05, 0) is 48.6 Å². The van der Waals surface area contributed by atoms with Crippen molar-refractivity contribution in [1.82, 2.24) is 14.7 Å². The zero-order chi connectivity index (χ0) is 17.6. The Balaban J connectivity index is 1.23. The number of nitrogens with zero attached hydrogens (tertiary/aromatic N) is 3. The Labute approximate surface area is 153 Å². The number of likely N-dealkylation sites (tertiary alicyclic amines) is 1. The molecule has 4 heteroatoms. The molecule has 2 fully saturated rings. The van der Waals surface area contributed by atoms with Gasteiger partial charge in [-0.15, -0.1) is 0 Å². The van der Waals surface area contributed by atoms with Gasteiger partial charge in [0.2, 0.25) is 0 Å². The van der Waals surface area contributed by atoms with E-state index in [1.807, 2.05) is 41.4 Å². The highest BCUT2D eigenvalue weighted by molar-refractivity contribution is 5.95. The second-order valence-corrected chi connectivity index (χ2v) is 7.68. The molecule has 1 amide bonds. The van der Waals surface area contributed by atoms with Gasteiger partial charge >= 0.3 is 0 Å². The Morgan fingerprint density at radius 3 is 2.54 bits per heavy atom. The molecule has 0 radical (unpaired) electrons. The maximum absolute atomic E-state index is 12.8. The van der Waals surface area contributed by atoms with E-state index >= 15 is 0 Å². The fourth-order valence-corrected chi connectivity index (χ4v) is 4.50. The molecule has 1 saturated heterocycles. The third-order valence-corrected chi connectivity index (χ3v) is 5.83. The highest BCUT2D eigenvalue weighted by Gasteiger charge is 2.53. The van der Waals surface area contributed by atoms with Crippen molar-refractivity contribution in [3.63, 3.8) is 0 Å². The Morgan fingerprint density at radius 2 is 1.81 bits per heavy atom.